The van der Waals surface area contributed by atoms with Crippen LogP contribution in [-0.4, -0.2) is 34.4 Å². The van der Waals surface area contributed by atoms with Crippen molar-refractivity contribution in [1.29, 1.82) is 0 Å². The van der Waals surface area contributed by atoms with Gasteiger partial charge >= 0.3 is 12.1 Å². The van der Waals surface area contributed by atoms with Crippen molar-refractivity contribution in [3.05, 3.63) is 23.5 Å². The van der Waals surface area contributed by atoms with Crippen LogP contribution in [0, 0.1) is 0 Å². The van der Waals surface area contributed by atoms with E-state index in [-0.39, 0.29) is 22.9 Å². The molecule has 5 nitrogen and oxygen atoms in total. The van der Waals surface area contributed by atoms with Crippen molar-refractivity contribution in [3.63, 3.8) is 0 Å². The molecule has 0 aliphatic heterocycles. The van der Waals surface area contributed by atoms with Crippen LogP contribution in [0.2, 0.25) is 0 Å². The van der Waals surface area contributed by atoms with E-state index in [1.54, 1.807) is 0 Å². The van der Waals surface area contributed by atoms with Gasteiger partial charge in [0, 0.05) is 23.4 Å². The molecule has 1 aliphatic rings. The molecule has 0 bridgehead atoms. The number of ether oxygens (including phenoxy) is 1. The van der Waals surface area contributed by atoms with Crippen molar-refractivity contribution in [3.8, 4) is 5.75 Å². The van der Waals surface area contributed by atoms with E-state index in [0.717, 1.165) is 18.9 Å². The number of carboxylic acids is 1. The van der Waals surface area contributed by atoms with Gasteiger partial charge in [-0.05, 0) is 39.5 Å². The van der Waals surface area contributed by atoms with Gasteiger partial charge in [-0.15, -0.1) is 0 Å². The molecule has 0 radical (unpaired) electrons. The number of carboxylic acid groups (broad SMARTS) is 1. The SMILES string of the molecule is CC(C)(C)N.O=C(O)c1cc(OCC(F)(F)F)c(C2CC2)cn1. The number of hydrogen-bond acceptors (Lipinski definition) is 4. The Balaban J connectivity index is 0.000000463. The van der Waals surface area contributed by atoms with Crippen molar-refractivity contribution in [2.75, 3.05) is 6.61 Å². The highest BCUT2D eigenvalue weighted by molar-refractivity contribution is 5.85. The van der Waals surface area contributed by atoms with Crippen LogP contribution in [0.3, 0.4) is 0 Å². The summed E-state index contributed by atoms with van der Waals surface area (Å²) < 4.78 is 40.9. The Kier molecular flexibility index (Phi) is 5.98. The summed E-state index contributed by atoms with van der Waals surface area (Å²) in [6.07, 6.45) is -1.45. The van der Waals surface area contributed by atoms with Crippen LogP contribution in [-0.2, 0) is 0 Å². The summed E-state index contributed by atoms with van der Waals surface area (Å²) in [7, 11) is 0. The minimum atomic E-state index is -4.45. The van der Waals surface area contributed by atoms with Crippen LogP contribution < -0.4 is 10.5 Å². The largest absolute Gasteiger partial charge is 0.484 e. The number of alkyl halides is 3. The summed E-state index contributed by atoms with van der Waals surface area (Å²) in [5.74, 6) is -1.21. The van der Waals surface area contributed by atoms with Gasteiger partial charge in [-0.2, -0.15) is 13.2 Å². The molecule has 0 atom stereocenters. The number of hydrogen-bond donors (Lipinski definition) is 2. The van der Waals surface area contributed by atoms with Gasteiger partial charge in [0.25, 0.3) is 0 Å². The Labute approximate surface area is 132 Å². The average Bonchev–Trinajstić information content (AvgIpc) is 3.17. The van der Waals surface area contributed by atoms with Gasteiger partial charge < -0.3 is 15.6 Å². The molecule has 23 heavy (non-hydrogen) atoms. The summed E-state index contributed by atoms with van der Waals surface area (Å²) in [5.41, 5.74) is 5.58. The Morgan fingerprint density at radius 2 is 1.91 bits per heavy atom. The second-order valence-corrected chi connectivity index (χ2v) is 6.46. The quantitative estimate of drug-likeness (QED) is 0.882. The molecule has 1 aliphatic carbocycles. The van der Waals surface area contributed by atoms with Crippen LogP contribution >= 0.6 is 0 Å². The minimum Gasteiger partial charge on any atom is -0.484 e. The Morgan fingerprint density at radius 1 is 1.39 bits per heavy atom. The third-order valence-corrected chi connectivity index (χ3v) is 2.52. The van der Waals surface area contributed by atoms with E-state index in [0.29, 0.717) is 5.56 Å². The number of aromatic carboxylic acids is 1. The molecule has 1 fully saturated rings. The first-order chi connectivity index (χ1) is 10.4. The maximum atomic E-state index is 12.1. The molecule has 1 aromatic rings. The topological polar surface area (TPSA) is 85.4 Å². The first-order valence-electron chi connectivity index (χ1n) is 7.08. The molecule has 0 amide bonds. The molecule has 3 N–H and O–H groups in total. The second kappa shape index (κ2) is 7.16. The lowest BCUT2D eigenvalue weighted by Gasteiger charge is -2.13. The van der Waals surface area contributed by atoms with Gasteiger partial charge in [0.2, 0.25) is 0 Å². The predicted octanol–water partition coefficient (Wildman–Crippen LogP) is 3.34. The van der Waals surface area contributed by atoms with Crippen LogP contribution in [0.15, 0.2) is 12.3 Å². The molecular formula is C15H21F3N2O3. The van der Waals surface area contributed by atoms with Gasteiger partial charge in [-0.25, -0.2) is 9.78 Å². The monoisotopic (exact) mass is 334 g/mol. The lowest BCUT2D eigenvalue weighted by molar-refractivity contribution is -0.153. The number of nitrogens with zero attached hydrogens (tertiary/aromatic N) is 1. The second-order valence-electron chi connectivity index (χ2n) is 6.46. The number of carbonyl (C=O) groups is 1. The molecule has 130 valence electrons. The number of aromatic nitrogens is 1. The number of rotatable bonds is 4. The highest BCUT2D eigenvalue weighted by Crippen LogP contribution is 2.44. The summed E-state index contributed by atoms with van der Waals surface area (Å²) >= 11 is 0. The highest BCUT2D eigenvalue weighted by atomic mass is 19.4. The van der Waals surface area contributed by atoms with E-state index in [1.165, 1.54) is 6.20 Å². The lowest BCUT2D eigenvalue weighted by atomic mass is 10.1. The molecule has 0 spiro atoms. The molecule has 2 rings (SSSR count). The zero-order chi connectivity index (χ0) is 17.8. The first kappa shape index (κ1) is 19.2. The van der Waals surface area contributed by atoms with Gasteiger partial charge in [0.05, 0.1) is 0 Å². The standard InChI is InChI=1S/C11H10F3NO3.C4H11N/c12-11(13,14)5-18-9-3-8(10(16)17)15-4-7(9)6-1-2-6;1-4(2,3)5/h3-4,6H,1-2,5H2,(H,16,17);5H2,1-3H3. The predicted molar refractivity (Wildman–Crippen MR) is 78.7 cm³/mol. The van der Waals surface area contributed by atoms with Gasteiger partial charge in [0.1, 0.15) is 5.75 Å². The first-order valence-corrected chi connectivity index (χ1v) is 7.08. The zero-order valence-corrected chi connectivity index (χ0v) is 13.3. The summed E-state index contributed by atoms with van der Waals surface area (Å²) in [6.45, 7) is 4.46. The Bertz CT molecular complexity index is 544. The molecule has 1 aromatic heterocycles. The fourth-order valence-corrected chi connectivity index (χ4v) is 1.55. The fraction of sp³-hybridized carbons (Fsp3) is 0.600. The summed E-state index contributed by atoms with van der Waals surface area (Å²) in [6, 6.07) is 1.04. The highest BCUT2D eigenvalue weighted by Gasteiger charge is 2.32. The zero-order valence-electron chi connectivity index (χ0n) is 13.3. The van der Waals surface area contributed by atoms with E-state index in [9.17, 15) is 18.0 Å². The van der Waals surface area contributed by atoms with Crippen molar-refractivity contribution in [2.45, 2.75) is 51.2 Å². The number of halogens is 3. The van der Waals surface area contributed by atoms with Crippen molar-refractivity contribution < 1.29 is 27.8 Å². The van der Waals surface area contributed by atoms with Crippen molar-refractivity contribution >= 4 is 5.97 Å². The molecular weight excluding hydrogens is 313 g/mol. The fourth-order valence-electron chi connectivity index (χ4n) is 1.55. The maximum absolute atomic E-state index is 12.1. The Hall–Kier alpha value is -1.83. The van der Waals surface area contributed by atoms with Crippen LogP contribution in [0.4, 0.5) is 13.2 Å². The van der Waals surface area contributed by atoms with Crippen molar-refractivity contribution in [2.24, 2.45) is 5.73 Å². The van der Waals surface area contributed by atoms with E-state index in [2.05, 4.69) is 9.72 Å². The lowest BCUT2D eigenvalue weighted by Crippen LogP contribution is -2.26. The number of nitrogens with two attached hydrogens (primary N) is 1. The average molecular weight is 334 g/mol. The van der Waals surface area contributed by atoms with Gasteiger partial charge in [-0.3, -0.25) is 0 Å². The molecule has 1 heterocycles. The van der Waals surface area contributed by atoms with Crippen LogP contribution in [0.1, 0.15) is 55.6 Å². The maximum Gasteiger partial charge on any atom is 0.422 e. The van der Waals surface area contributed by atoms with Crippen molar-refractivity contribution in [1.82, 2.24) is 4.98 Å². The van der Waals surface area contributed by atoms with E-state index >= 15 is 0 Å². The third kappa shape index (κ3) is 8.39. The normalized spacial score (nSPS) is 14.7. The van der Waals surface area contributed by atoms with Gasteiger partial charge in [0.15, 0.2) is 12.3 Å². The number of pyridine rings is 1. The Morgan fingerprint density at radius 3 is 2.30 bits per heavy atom. The summed E-state index contributed by atoms with van der Waals surface area (Å²) in [5, 5.41) is 8.74. The van der Waals surface area contributed by atoms with Crippen LogP contribution in [0.5, 0.6) is 5.75 Å². The molecule has 0 unspecified atom stereocenters. The summed E-state index contributed by atoms with van der Waals surface area (Å²) in [4.78, 5) is 14.4. The molecule has 0 saturated heterocycles. The molecule has 1 saturated carbocycles. The smallest absolute Gasteiger partial charge is 0.422 e. The molecule has 8 heteroatoms. The van der Waals surface area contributed by atoms with Gasteiger partial charge in [-0.1, -0.05) is 0 Å². The minimum absolute atomic E-state index is 0. The third-order valence-electron chi connectivity index (χ3n) is 2.52. The van der Waals surface area contributed by atoms with E-state index < -0.39 is 18.8 Å². The molecule has 0 aromatic carbocycles. The van der Waals surface area contributed by atoms with E-state index in [4.69, 9.17) is 10.8 Å². The van der Waals surface area contributed by atoms with Crippen LogP contribution in [0.25, 0.3) is 0 Å². The van der Waals surface area contributed by atoms with E-state index in [1.807, 2.05) is 20.8 Å².